The Labute approximate surface area is 54.4 Å². The molecule has 0 aromatic rings. The SMILES string of the molecule is CC1=CCC=C(F)C=C1. The molecule has 0 bridgehead atoms. The molecule has 0 radical (unpaired) electrons. The van der Waals surface area contributed by atoms with Gasteiger partial charge in [-0.25, -0.2) is 4.39 Å². The first-order chi connectivity index (χ1) is 4.29. The van der Waals surface area contributed by atoms with E-state index in [0.717, 1.165) is 5.57 Å². The fraction of sp³-hybridized carbons (Fsp3) is 0.250. The van der Waals surface area contributed by atoms with Crippen LogP contribution in [0.4, 0.5) is 4.39 Å². The molecule has 0 nitrogen and oxygen atoms in total. The summed E-state index contributed by atoms with van der Waals surface area (Å²) >= 11 is 0. The first-order valence-corrected chi connectivity index (χ1v) is 2.99. The maximum absolute atomic E-state index is 12.4. The van der Waals surface area contributed by atoms with Crippen molar-refractivity contribution in [1.82, 2.24) is 0 Å². The van der Waals surface area contributed by atoms with Gasteiger partial charge in [-0.1, -0.05) is 17.7 Å². The smallest absolute Gasteiger partial charge is 0.119 e. The molecule has 1 rings (SSSR count). The molecule has 0 heterocycles. The summed E-state index contributed by atoms with van der Waals surface area (Å²) in [4.78, 5) is 0. The van der Waals surface area contributed by atoms with E-state index in [2.05, 4.69) is 0 Å². The average Bonchev–Trinajstić information content (AvgIpc) is 1.97. The number of rotatable bonds is 0. The highest BCUT2D eigenvalue weighted by Gasteiger charge is 1.90. The molecule has 0 fully saturated rings. The summed E-state index contributed by atoms with van der Waals surface area (Å²) in [5, 5.41) is 0. The normalized spacial score (nSPS) is 18.4. The van der Waals surface area contributed by atoms with E-state index in [1.54, 1.807) is 12.2 Å². The largest absolute Gasteiger partial charge is 0.207 e. The van der Waals surface area contributed by atoms with Crippen molar-refractivity contribution in [1.29, 1.82) is 0 Å². The zero-order valence-corrected chi connectivity index (χ0v) is 5.39. The van der Waals surface area contributed by atoms with Crippen molar-refractivity contribution in [2.75, 3.05) is 0 Å². The van der Waals surface area contributed by atoms with Crippen LogP contribution in [-0.2, 0) is 0 Å². The zero-order chi connectivity index (χ0) is 6.69. The summed E-state index contributed by atoms with van der Waals surface area (Å²) in [7, 11) is 0. The second-order valence-corrected chi connectivity index (χ2v) is 2.11. The third-order valence-corrected chi connectivity index (χ3v) is 1.26. The Bertz CT molecular complexity index is 165. The van der Waals surface area contributed by atoms with Crippen LogP contribution < -0.4 is 0 Å². The molecule has 0 aliphatic heterocycles. The van der Waals surface area contributed by atoms with Gasteiger partial charge < -0.3 is 0 Å². The van der Waals surface area contributed by atoms with Gasteiger partial charge in [-0.05, 0) is 25.5 Å². The molecule has 0 atom stereocenters. The third kappa shape index (κ3) is 1.84. The van der Waals surface area contributed by atoms with Crippen molar-refractivity contribution in [3.8, 4) is 0 Å². The number of hydrogen-bond donors (Lipinski definition) is 0. The highest BCUT2D eigenvalue weighted by Crippen LogP contribution is 2.09. The van der Waals surface area contributed by atoms with Crippen molar-refractivity contribution in [3.63, 3.8) is 0 Å². The lowest BCUT2D eigenvalue weighted by Crippen LogP contribution is -1.62. The van der Waals surface area contributed by atoms with Crippen molar-refractivity contribution in [2.45, 2.75) is 13.3 Å². The molecular formula is C8H9F. The van der Waals surface area contributed by atoms with Crippen LogP contribution in [0.5, 0.6) is 0 Å². The van der Waals surface area contributed by atoms with E-state index in [-0.39, 0.29) is 5.83 Å². The Morgan fingerprint density at radius 2 is 2.11 bits per heavy atom. The first kappa shape index (κ1) is 6.27. The lowest BCUT2D eigenvalue weighted by molar-refractivity contribution is 0.663. The molecule has 0 saturated heterocycles. The van der Waals surface area contributed by atoms with E-state index in [9.17, 15) is 4.39 Å². The van der Waals surface area contributed by atoms with E-state index in [1.165, 1.54) is 6.08 Å². The van der Waals surface area contributed by atoms with E-state index in [4.69, 9.17) is 0 Å². The van der Waals surface area contributed by atoms with Crippen molar-refractivity contribution in [2.24, 2.45) is 0 Å². The van der Waals surface area contributed by atoms with Gasteiger partial charge in [0.2, 0.25) is 0 Å². The van der Waals surface area contributed by atoms with Crippen LogP contribution in [-0.4, -0.2) is 0 Å². The predicted octanol–water partition coefficient (Wildman–Crippen LogP) is 2.75. The molecule has 9 heavy (non-hydrogen) atoms. The van der Waals surface area contributed by atoms with E-state index in [0.29, 0.717) is 6.42 Å². The predicted molar refractivity (Wildman–Crippen MR) is 36.7 cm³/mol. The van der Waals surface area contributed by atoms with Gasteiger partial charge in [-0.15, -0.1) is 0 Å². The van der Waals surface area contributed by atoms with Gasteiger partial charge in [-0.3, -0.25) is 0 Å². The van der Waals surface area contributed by atoms with Crippen LogP contribution in [0.25, 0.3) is 0 Å². The van der Waals surface area contributed by atoms with Crippen LogP contribution >= 0.6 is 0 Å². The number of hydrogen-bond acceptors (Lipinski definition) is 0. The topological polar surface area (TPSA) is 0 Å². The maximum atomic E-state index is 12.4. The fourth-order valence-electron chi connectivity index (χ4n) is 0.705. The van der Waals surface area contributed by atoms with Gasteiger partial charge >= 0.3 is 0 Å². The van der Waals surface area contributed by atoms with E-state index in [1.807, 2.05) is 13.0 Å². The monoisotopic (exact) mass is 124 g/mol. The minimum atomic E-state index is -0.136. The molecule has 48 valence electrons. The number of halogens is 1. The van der Waals surface area contributed by atoms with Crippen LogP contribution in [0.1, 0.15) is 13.3 Å². The molecule has 0 N–H and O–H groups in total. The lowest BCUT2D eigenvalue weighted by Gasteiger charge is -1.82. The summed E-state index contributed by atoms with van der Waals surface area (Å²) in [5.74, 6) is -0.136. The summed E-state index contributed by atoms with van der Waals surface area (Å²) in [6.45, 7) is 1.96. The lowest BCUT2D eigenvalue weighted by atomic mass is 10.2. The van der Waals surface area contributed by atoms with Crippen LogP contribution in [0.3, 0.4) is 0 Å². The van der Waals surface area contributed by atoms with Crippen molar-refractivity contribution in [3.05, 3.63) is 35.7 Å². The average molecular weight is 124 g/mol. The van der Waals surface area contributed by atoms with E-state index >= 15 is 0 Å². The van der Waals surface area contributed by atoms with E-state index < -0.39 is 0 Å². The zero-order valence-electron chi connectivity index (χ0n) is 5.39. The maximum Gasteiger partial charge on any atom is 0.119 e. The van der Waals surface area contributed by atoms with Gasteiger partial charge in [-0.2, -0.15) is 0 Å². The second kappa shape index (κ2) is 2.62. The van der Waals surface area contributed by atoms with Gasteiger partial charge in [0, 0.05) is 0 Å². The summed E-state index contributed by atoms with van der Waals surface area (Å²) in [6, 6.07) is 0. The molecule has 1 aliphatic rings. The number of allylic oxidation sites excluding steroid dienone is 6. The van der Waals surface area contributed by atoms with Crippen LogP contribution in [0, 0.1) is 0 Å². The van der Waals surface area contributed by atoms with Gasteiger partial charge in [0.25, 0.3) is 0 Å². The van der Waals surface area contributed by atoms with Crippen LogP contribution in [0.15, 0.2) is 35.7 Å². The minimum absolute atomic E-state index is 0.136. The quantitative estimate of drug-likeness (QED) is 0.465. The molecule has 0 aromatic heterocycles. The van der Waals surface area contributed by atoms with Crippen molar-refractivity contribution < 1.29 is 4.39 Å². The van der Waals surface area contributed by atoms with Gasteiger partial charge in [0.05, 0.1) is 0 Å². The van der Waals surface area contributed by atoms with Gasteiger partial charge in [0.1, 0.15) is 5.83 Å². The fourth-order valence-corrected chi connectivity index (χ4v) is 0.705. The molecule has 0 amide bonds. The summed E-state index contributed by atoms with van der Waals surface area (Å²) in [5.41, 5.74) is 1.12. The first-order valence-electron chi connectivity index (χ1n) is 2.99. The molecule has 1 heteroatoms. The Morgan fingerprint density at radius 1 is 1.33 bits per heavy atom. The molecule has 0 saturated carbocycles. The molecule has 0 aromatic carbocycles. The standard InChI is InChI=1S/C8H9F/c1-7-3-2-4-8(9)6-5-7/h3-6H,2H2,1H3. The Kier molecular flexibility index (Phi) is 1.83. The van der Waals surface area contributed by atoms with Gasteiger partial charge in [0.15, 0.2) is 0 Å². The Balaban J connectivity index is 2.75. The summed E-state index contributed by atoms with van der Waals surface area (Å²) in [6.07, 6.45) is 7.53. The highest BCUT2D eigenvalue weighted by molar-refractivity contribution is 5.27. The molecular weight excluding hydrogens is 115 g/mol. The highest BCUT2D eigenvalue weighted by atomic mass is 19.1. The van der Waals surface area contributed by atoms with Crippen molar-refractivity contribution >= 4 is 0 Å². The third-order valence-electron chi connectivity index (χ3n) is 1.26. The molecule has 1 aliphatic carbocycles. The Hall–Kier alpha value is -0.850. The second-order valence-electron chi connectivity index (χ2n) is 2.11. The molecule has 0 spiro atoms. The molecule has 0 unspecified atom stereocenters. The summed E-state index contributed by atoms with van der Waals surface area (Å²) < 4.78 is 12.4. The van der Waals surface area contributed by atoms with Crippen LogP contribution in [0.2, 0.25) is 0 Å². The minimum Gasteiger partial charge on any atom is -0.207 e. The Morgan fingerprint density at radius 3 is 2.89 bits per heavy atom.